The molecule has 3 N–H and O–H groups in total. The Morgan fingerprint density at radius 3 is 2.00 bits per heavy atom. The smallest absolute Gasteiger partial charge is 0.0681 e. The first-order valence-electron chi connectivity index (χ1n) is 4.69. The molecule has 0 radical (unpaired) electrons. The van der Waals surface area contributed by atoms with Crippen molar-refractivity contribution in [2.45, 2.75) is 33.4 Å². The number of aliphatic hydroxyl groups excluding tert-OH is 1. The van der Waals surface area contributed by atoms with Crippen LogP contribution in [-0.2, 0) is 6.61 Å². The van der Waals surface area contributed by atoms with Gasteiger partial charge >= 0.3 is 0 Å². The van der Waals surface area contributed by atoms with E-state index in [4.69, 9.17) is 10.8 Å². The second-order valence-corrected chi connectivity index (χ2v) is 2.69. The Labute approximate surface area is 80.4 Å². The van der Waals surface area contributed by atoms with Crippen molar-refractivity contribution < 1.29 is 5.11 Å². The Balaban J connectivity index is 0.000000671. The molecule has 0 unspecified atom stereocenters. The zero-order valence-electron chi connectivity index (χ0n) is 8.62. The summed E-state index contributed by atoms with van der Waals surface area (Å²) in [6, 6.07) is 7.73. The van der Waals surface area contributed by atoms with E-state index in [9.17, 15) is 0 Å². The van der Waals surface area contributed by atoms with E-state index in [0.717, 1.165) is 11.1 Å². The molecule has 0 aromatic heterocycles. The lowest BCUT2D eigenvalue weighted by molar-refractivity contribution is 0.282. The van der Waals surface area contributed by atoms with E-state index in [2.05, 4.69) is 0 Å². The normalized spacial score (nSPS) is 11.5. The lowest BCUT2D eigenvalue weighted by Crippen LogP contribution is -2.04. The first-order chi connectivity index (χ1) is 6.24. The molecule has 0 aliphatic heterocycles. The number of hydrogen-bond donors (Lipinski definition) is 2. The largest absolute Gasteiger partial charge is 0.392 e. The van der Waals surface area contributed by atoms with Crippen LogP contribution in [0.4, 0.5) is 0 Å². The second kappa shape index (κ2) is 6.63. The quantitative estimate of drug-likeness (QED) is 0.735. The molecular formula is C11H19NO. The van der Waals surface area contributed by atoms with Gasteiger partial charge < -0.3 is 10.8 Å². The lowest BCUT2D eigenvalue weighted by atomic mass is 10.1. The van der Waals surface area contributed by atoms with Crippen molar-refractivity contribution in [2.75, 3.05) is 0 Å². The monoisotopic (exact) mass is 181 g/mol. The molecule has 1 rings (SSSR count). The predicted octanol–water partition coefficient (Wildman–Crippen LogP) is 2.22. The van der Waals surface area contributed by atoms with Crippen LogP contribution in [0, 0.1) is 0 Å². The molecule has 2 heteroatoms. The third-order valence-electron chi connectivity index (χ3n) is 1.69. The Morgan fingerprint density at radius 2 is 1.69 bits per heavy atom. The van der Waals surface area contributed by atoms with Gasteiger partial charge in [-0.2, -0.15) is 0 Å². The van der Waals surface area contributed by atoms with Gasteiger partial charge in [0.1, 0.15) is 0 Å². The first kappa shape index (κ1) is 12.1. The fourth-order valence-corrected chi connectivity index (χ4v) is 0.927. The molecule has 1 atom stereocenters. The molecule has 0 spiro atoms. The summed E-state index contributed by atoms with van der Waals surface area (Å²) in [5.74, 6) is 0. The van der Waals surface area contributed by atoms with Crippen LogP contribution in [0.3, 0.4) is 0 Å². The molecule has 74 valence electrons. The SMILES string of the molecule is CC.C[C@@H](N)c1ccc(CO)cc1. The maximum absolute atomic E-state index is 8.74. The van der Waals surface area contributed by atoms with Gasteiger partial charge in [0, 0.05) is 6.04 Å². The summed E-state index contributed by atoms with van der Waals surface area (Å²) < 4.78 is 0. The fraction of sp³-hybridized carbons (Fsp3) is 0.455. The van der Waals surface area contributed by atoms with Crippen molar-refractivity contribution in [3.05, 3.63) is 35.4 Å². The molecule has 0 bridgehead atoms. The topological polar surface area (TPSA) is 46.2 Å². The van der Waals surface area contributed by atoms with Gasteiger partial charge in [-0.3, -0.25) is 0 Å². The average molecular weight is 181 g/mol. The number of hydrogen-bond acceptors (Lipinski definition) is 2. The highest BCUT2D eigenvalue weighted by Gasteiger charge is 1.97. The van der Waals surface area contributed by atoms with Crippen LogP contribution < -0.4 is 5.73 Å². The minimum atomic E-state index is 0.0720. The molecule has 2 nitrogen and oxygen atoms in total. The Hall–Kier alpha value is -0.860. The van der Waals surface area contributed by atoms with Gasteiger partial charge in [0.2, 0.25) is 0 Å². The van der Waals surface area contributed by atoms with E-state index in [1.807, 2.05) is 45.0 Å². The van der Waals surface area contributed by atoms with Gasteiger partial charge in [-0.15, -0.1) is 0 Å². The number of aliphatic hydroxyl groups is 1. The van der Waals surface area contributed by atoms with Gasteiger partial charge in [0.05, 0.1) is 6.61 Å². The molecule has 1 aromatic rings. The van der Waals surface area contributed by atoms with Crippen LogP contribution in [-0.4, -0.2) is 5.11 Å². The maximum atomic E-state index is 8.74. The van der Waals surface area contributed by atoms with Gasteiger partial charge in [0.25, 0.3) is 0 Å². The molecule has 0 saturated heterocycles. The van der Waals surface area contributed by atoms with Crippen LogP contribution in [0.15, 0.2) is 24.3 Å². The van der Waals surface area contributed by atoms with Gasteiger partial charge in [-0.25, -0.2) is 0 Å². The van der Waals surface area contributed by atoms with E-state index in [1.54, 1.807) is 0 Å². The number of nitrogens with two attached hydrogens (primary N) is 1. The van der Waals surface area contributed by atoms with Crippen LogP contribution >= 0.6 is 0 Å². The minimum Gasteiger partial charge on any atom is -0.392 e. The Kier molecular flexibility index (Phi) is 6.20. The van der Waals surface area contributed by atoms with Crippen molar-refractivity contribution in [3.63, 3.8) is 0 Å². The van der Waals surface area contributed by atoms with Crippen molar-refractivity contribution in [1.82, 2.24) is 0 Å². The van der Waals surface area contributed by atoms with Gasteiger partial charge in [0.15, 0.2) is 0 Å². The summed E-state index contributed by atoms with van der Waals surface area (Å²) in [4.78, 5) is 0. The summed E-state index contributed by atoms with van der Waals surface area (Å²) in [6.07, 6.45) is 0. The van der Waals surface area contributed by atoms with Crippen LogP contribution in [0.2, 0.25) is 0 Å². The minimum absolute atomic E-state index is 0.0720. The third-order valence-corrected chi connectivity index (χ3v) is 1.69. The van der Waals surface area contributed by atoms with E-state index in [0.29, 0.717) is 0 Å². The zero-order valence-corrected chi connectivity index (χ0v) is 8.62. The molecule has 0 aliphatic rings. The second-order valence-electron chi connectivity index (χ2n) is 2.69. The average Bonchev–Trinajstić information content (AvgIpc) is 2.21. The highest BCUT2D eigenvalue weighted by Crippen LogP contribution is 2.10. The van der Waals surface area contributed by atoms with Gasteiger partial charge in [-0.1, -0.05) is 38.1 Å². The summed E-state index contributed by atoms with van der Waals surface area (Å²) in [6.45, 7) is 6.03. The highest BCUT2D eigenvalue weighted by molar-refractivity contribution is 5.23. The van der Waals surface area contributed by atoms with Gasteiger partial charge in [-0.05, 0) is 18.1 Å². The molecule has 0 heterocycles. The van der Waals surface area contributed by atoms with Crippen molar-refractivity contribution in [1.29, 1.82) is 0 Å². The molecule has 0 fully saturated rings. The first-order valence-corrected chi connectivity index (χ1v) is 4.69. The molecular weight excluding hydrogens is 162 g/mol. The van der Waals surface area contributed by atoms with Crippen LogP contribution in [0.1, 0.15) is 37.9 Å². The molecule has 1 aromatic carbocycles. The summed E-state index contributed by atoms with van der Waals surface area (Å²) in [7, 11) is 0. The zero-order chi connectivity index (χ0) is 10.3. The standard InChI is InChI=1S/C9H13NO.C2H6/c1-7(10)9-4-2-8(6-11)3-5-9;1-2/h2-5,7,11H,6,10H2,1H3;1-2H3/t7-;/m1./s1. The Bertz CT molecular complexity index is 216. The molecule has 0 aliphatic carbocycles. The van der Waals surface area contributed by atoms with Crippen LogP contribution in [0.25, 0.3) is 0 Å². The summed E-state index contributed by atoms with van der Waals surface area (Å²) >= 11 is 0. The lowest BCUT2D eigenvalue weighted by Gasteiger charge is -2.04. The van der Waals surface area contributed by atoms with Crippen molar-refractivity contribution >= 4 is 0 Å². The fourth-order valence-electron chi connectivity index (χ4n) is 0.927. The molecule has 0 amide bonds. The molecule has 0 saturated carbocycles. The predicted molar refractivity (Wildman–Crippen MR) is 56.3 cm³/mol. The van der Waals surface area contributed by atoms with Crippen LogP contribution in [0.5, 0.6) is 0 Å². The van der Waals surface area contributed by atoms with E-state index in [-0.39, 0.29) is 12.6 Å². The van der Waals surface area contributed by atoms with E-state index < -0.39 is 0 Å². The highest BCUT2D eigenvalue weighted by atomic mass is 16.3. The maximum Gasteiger partial charge on any atom is 0.0681 e. The number of benzene rings is 1. The molecule has 13 heavy (non-hydrogen) atoms. The van der Waals surface area contributed by atoms with E-state index in [1.165, 1.54) is 0 Å². The summed E-state index contributed by atoms with van der Waals surface area (Å²) in [5.41, 5.74) is 7.67. The Morgan fingerprint density at radius 1 is 1.23 bits per heavy atom. The summed E-state index contributed by atoms with van der Waals surface area (Å²) in [5, 5.41) is 8.74. The third kappa shape index (κ3) is 4.06. The van der Waals surface area contributed by atoms with Crippen molar-refractivity contribution in [3.8, 4) is 0 Å². The number of rotatable bonds is 2. The van der Waals surface area contributed by atoms with E-state index >= 15 is 0 Å². The van der Waals surface area contributed by atoms with Crippen molar-refractivity contribution in [2.24, 2.45) is 5.73 Å².